The molecule has 6 nitrogen and oxygen atoms in total. The SMILES string of the molecule is Cc1c(NC(=O)N2CCCC2c2ccccc2Cl)nnn1C. The zero-order chi connectivity index (χ0) is 15.7. The summed E-state index contributed by atoms with van der Waals surface area (Å²) < 4.78 is 1.63. The maximum Gasteiger partial charge on any atom is 0.323 e. The van der Waals surface area contributed by atoms with Crippen molar-refractivity contribution >= 4 is 23.4 Å². The van der Waals surface area contributed by atoms with E-state index in [1.165, 1.54) is 0 Å². The number of likely N-dealkylation sites (tertiary alicyclic amines) is 1. The van der Waals surface area contributed by atoms with E-state index in [-0.39, 0.29) is 12.1 Å². The molecule has 2 aromatic rings. The van der Waals surface area contributed by atoms with Gasteiger partial charge >= 0.3 is 6.03 Å². The minimum Gasteiger partial charge on any atom is -0.317 e. The van der Waals surface area contributed by atoms with Crippen LogP contribution in [-0.4, -0.2) is 32.5 Å². The van der Waals surface area contributed by atoms with Gasteiger partial charge in [0.15, 0.2) is 5.82 Å². The minimum absolute atomic E-state index is 0.00526. The van der Waals surface area contributed by atoms with Crippen LogP contribution in [-0.2, 0) is 7.05 Å². The third-order valence-corrected chi connectivity index (χ3v) is 4.45. The lowest BCUT2D eigenvalue weighted by atomic mass is 10.0. The van der Waals surface area contributed by atoms with Gasteiger partial charge < -0.3 is 4.90 Å². The van der Waals surface area contributed by atoms with Gasteiger partial charge in [0.25, 0.3) is 0 Å². The topological polar surface area (TPSA) is 63.1 Å². The molecule has 1 unspecified atom stereocenters. The molecule has 7 heteroatoms. The van der Waals surface area contributed by atoms with Crippen molar-refractivity contribution in [1.82, 2.24) is 19.9 Å². The highest BCUT2D eigenvalue weighted by Crippen LogP contribution is 2.35. The number of nitrogens with zero attached hydrogens (tertiary/aromatic N) is 4. The predicted octanol–water partition coefficient (Wildman–Crippen LogP) is 3.15. The molecule has 0 aliphatic carbocycles. The van der Waals surface area contributed by atoms with Crippen LogP contribution in [0, 0.1) is 6.92 Å². The molecule has 116 valence electrons. The fourth-order valence-electron chi connectivity index (χ4n) is 2.77. The van der Waals surface area contributed by atoms with Gasteiger partial charge in [-0.15, -0.1) is 5.10 Å². The summed E-state index contributed by atoms with van der Waals surface area (Å²) in [5.41, 5.74) is 1.81. The summed E-state index contributed by atoms with van der Waals surface area (Å²) in [5, 5.41) is 11.4. The number of benzene rings is 1. The molecule has 1 saturated heterocycles. The minimum atomic E-state index is -0.161. The van der Waals surface area contributed by atoms with Gasteiger partial charge in [-0.2, -0.15) is 0 Å². The number of amides is 2. The Labute approximate surface area is 134 Å². The van der Waals surface area contributed by atoms with Gasteiger partial charge in [-0.25, -0.2) is 4.79 Å². The monoisotopic (exact) mass is 319 g/mol. The number of carbonyl (C=O) groups is 1. The van der Waals surface area contributed by atoms with Crippen molar-refractivity contribution in [3.63, 3.8) is 0 Å². The molecule has 1 atom stereocenters. The second kappa shape index (κ2) is 5.96. The lowest BCUT2D eigenvalue weighted by Gasteiger charge is -2.25. The summed E-state index contributed by atoms with van der Waals surface area (Å²) >= 11 is 6.28. The zero-order valence-electron chi connectivity index (χ0n) is 12.6. The summed E-state index contributed by atoms with van der Waals surface area (Å²) in [5.74, 6) is 0.498. The third kappa shape index (κ3) is 2.66. The Bertz CT molecular complexity index is 699. The molecule has 0 radical (unpaired) electrons. The molecule has 2 heterocycles. The number of urea groups is 1. The first-order valence-corrected chi connectivity index (χ1v) is 7.64. The third-order valence-electron chi connectivity index (χ3n) is 4.11. The summed E-state index contributed by atoms with van der Waals surface area (Å²) in [6.45, 7) is 2.58. The molecule has 1 N–H and O–H groups in total. The first kappa shape index (κ1) is 14.8. The molecule has 1 aromatic heterocycles. The molecule has 2 amide bonds. The van der Waals surface area contributed by atoms with Crippen LogP contribution in [0.4, 0.5) is 10.6 Å². The first-order chi connectivity index (χ1) is 10.6. The lowest BCUT2D eigenvalue weighted by molar-refractivity contribution is 0.207. The van der Waals surface area contributed by atoms with Gasteiger partial charge in [-0.05, 0) is 31.4 Å². The normalized spacial score (nSPS) is 17.8. The maximum atomic E-state index is 12.6. The summed E-state index contributed by atoms with van der Waals surface area (Å²) in [4.78, 5) is 14.4. The van der Waals surface area contributed by atoms with Gasteiger partial charge in [0.2, 0.25) is 0 Å². The van der Waals surface area contributed by atoms with E-state index in [1.807, 2.05) is 36.1 Å². The van der Waals surface area contributed by atoms with Gasteiger partial charge in [0, 0.05) is 18.6 Å². The number of anilines is 1. The molecule has 3 rings (SSSR count). The molecule has 1 fully saturated rings. The number of aryl methyl sites for hydroxylation is 1. The fourth-order valence-corrected chi connectivity index (χ4v) is 3.03. The number of carbonyl (C=O) groups excluding carboxylic acids is 1. The van der Waals surface area contributed by atoms with Gasteiger partial charge in [0.1, 0.15) is 0 Å². The van der Waals surface area contributed by atoms with Crippen molar-refractivity contribution in [2.45, 2.75) is 25.8 Å². The van der Waals surface area contributed by atoms with Crippen LogP contribution in [0.25, 0.3) is 0 Å². The van der Waals surface area contributed by atoms with Crippen LogP contribution in [0.2, 0.25) is 5.02 Å². The van der Waals surface area contributed by atoms with Crippen LogP contribution >= 0.6 is 11.6 Å². The van der Waals surface area contributed by atoms with E-state index in [0.29, 0.717) is 17.4 Å². The Morgan fingerprint density at radius 1 is 1.41 bits per heavy atom. The van der Waals surface area contributed by atoms with E-state index in [4.69, 9.17) is 11.6 Å². The van der Waals surface area contributed by atoms with Crippen LogP contribution in [0.15, 0.2) is 24.3 Å². The van der Waals surface area contributed by atoms with E-state index in [0.717, 1.165) is 24.1 Å². The molecule has 1 aliphatic rings. The summed E-state index contributed by atoms with van der Waals surface area (Å²) in [6.07, 6.45) is 1.87. The standard InChI is InChI=1S/C15H18ClN5O/c1-10-14(18-19-20(10)2)17-15(22)21-9-5-8-13(21)11-6-3-4-7-12(11)16/h3-4,6-7,13H,5,8-9H2,1-2H3,(H,17,22). The highest BCUT2D eigenvalue weighted by atomic mass is 35.5. The number of hydrogen-bond acceptors (Lipinski definition) is 3. The Balaban J connectivity index is 1.80. The first-order valence-electron chi connectivity index (χ1n) is 7.26. The summed E-state index contributed by atoms with van der Waals surface area (Å²) in [6, 6.07) is 7.53. The average molecular weight is 320 g/mol. The largest absolute Gasteiger partial charge is 0.323 e. The zero-order valence-corrected chi connectivity index (χ0v) is 13.3. The highest BCUT2D eigenvalue weighted by Gasteiger charge is 2.31. The van der Waals surface area contributed by atoms with Crippen molar-refractivity contribution in [2.24, 2.45) is 7.05 Å². The van der Waals surface area contributed by atoms with Gasteiger partial charge in [0.05, 0.1) is 11.7 Å². The van der Waals surface area contributed by atoms with E-state index in [9.17, 15) is 4.79 Å². The van der Waals surface area contributed by atoms with Crippen LogP contribution in [0.1, 0.15) is 30.1 Å². The van der Waals surface area contributed by atoms with Gasteiger partial charge in [-0.1, -0.05) is 35.0 Å². The van der Waals surface area contributed by atoms with E-state index in [2.05, 4.69) is 15.6 Å². The maximum absolute atomic E-state index is 12.6. The Kier molecular flexibility index (Phi) is 4.02. The average Bonchev–Trinajstić information content (AvgIpc) is 3.10. The predicted molar refractivity (Wildman–Crippen MR) is 84.9 cm³/mol. The van der Waals surface area contributed by atoms with Crippen molar-refractivity contribution in [3.05, 3.63) is 40.5 Å². The van der Waals surface area contributed by atoms with E-state index < -0.39 is 0 Å². The fraction of sp³-hybridized carbons (Fsp3) is 0.400. The van der Waals surface area contributed by atoms with Crippen molar-refractivity contribution < 1.29 is 4.79 Å². The lowest BCUT2D eigenvalue weighted by Crippen LogP contribution is -2.34. The van der Waals surface area contributed by atoms with E-state index in [1.54, 1.807) is 11.7 Å². The second-order valence-electron chi connectivity index (χ2n) is 5.45. The number of aromatic nitrogens is 3. The molecule has 0 spiro atoms. The van der Waals surface area contributed by atoms with Crippen LogP contribution in [0.3, 0.4) is 0 Å². The Morgan fingerprint density at radius 3 is 2.86 bits per heavy atom. The molecule has 0 saturated carbocycles. The Hall–Kier alpha value is -2.08. The number of nitrogens with one attached hydrogen (secondary N) is 1. The molecule has 1 aliphatic heterocycles. The Morgan fingerprint density at radius 2 is 2.18 bits per heavy atom. The molecular formula is C15H18ClN5O. The highest BCUT2D eigenvalue weighted by molar-refractivity contribution is 6.31. The van der Waals surface area contributed by atoms with E-state index >= 15 is 0 Å². The molecular weight excluding hydrogens is 302 g/mol. The van der Waals surface area contributed by atoms with Crippen molar-refractivity contribution in [1.29, 1.82) is 0 Å². The van der Waals surface area contributed by atoms with Crippen molar-refractivity contribution in [2.75, 3.05) is 11.9 Å². The summed E-state index contributed by atoms with van der Waals surface area (Å²) in [7, 11) is 1.79. The van der Waals surface area contributed by atoms with Gasteiger partial charge in [-0.3, -0.25) is 10.00 Å². The number of rotatable bonds is 2. The molecule has 22 heavy (non-hydrogen) atoms. The second-order valence-corrected chi connectivity index (χ2v) is 5.86. The molecule has 1 aromatic carbocycles. The smallest absolute Gasteiger partial charge is 0.317 e. The van der Waals surface area contributed by atoms with Crippen LogP contribution < -0.4 is 5.32 Å². The molecule has 0 bridgehead atoms. The van der Waals surface area contributed by atoms with Crippen LogP contribution in [0.5, 0.6) is 0 Å². The van der Waals surface area contributed by atoms with Crippen molar-refractivity contribution in [3.8, 4) is 0 Å². The number of halogens is 1. The quantitative estimate of drug-likeness (QED) is 0.925. The number of hydrogen-bond donors (Lipinski definition) is 1.